The fourth-order valence-electron chi connectivity index (χ4n) is 8.43. The van der Waals surface area contributed by atoms with Crippen LogP contribution in [0.1, 0.15) is 41.6 Å². The van der Waals surface area contributed by atoms with Crippen LogP contribution in [0.15, 0.2) is 170 Å². The summed E-state index contributed by atoms with van der Waals surface area (Å²) in [5, 5.41) is 0. The molecule has 9 aromatic rings. The minimum Gasteiger partial charge on any atom is -0.304 e. The van der Waals surface area contributed by atoms with Gasteiger partial charge in [-0.2, -0.15) is 0 Å². The molecule has 62 heavy (non-hydrogen) atoms. The molecule has 2 radical (unpaired) electrons. The number of aromatic nitrogens is 2. The Balaban J connectivity index is 0.00000342. The fraction of sp³-hybridized carbons (Fsp3) is 0.103. The third-order valence-corrected chi connectivity index (χ3v) is 11.8. The van der Waals surface area contributed by atoms with Crippen LogP contribution in [0.4, 0.5) is 0 Å². The van der Waals surface area contributed by atoms with Crippen LogP contribution in [0, 0.1) is 53.5 Å². The van der Waals surface area contributed by atoms with Crippen molar-refractivity contribution in [2.75, 3.05) is 0 Å². The molecule has 0 saturated carbocycles. The monoisotopic (exact) mass is 1160 g/mol. The molecule has 0 aliphatic heterocycles. The molecule has 2 aromatic heterocycles. The van der Waals surface area contributed by atoms with Gasteiger partial charge in [-0.25, -0.2) is 0 Å². The zero-order valence-electron chi connectivity index (χ0n) is 40.7. The van der Waals surface area contributed by atoms with Gasteiger partial charge in [0.25, 0.3) is 0 Å². The van der Waals surface area contributed by atoms with E-state index in [1.54, 1.807) is 24.5 Å². The van der Waals surface area contributed by atoms with E-state index < -0.39 is 13.7 Å². The maximum absolute atomic E-state index is 8.31. The van der Waals surface area contributed by atoms with E-state index in [4.69, 9.17) is 18.2 Å². The number of hydrogen-bond donors (Lipinski definition) is 0. The normalized spacial score (nSPS) is 12.6. The Morgan fingerprint density at radius 3 is 1.08 bits per heavy atom. The van der Waals surface area contributed by atoms with Gasteiger partial charge >= 0.3 is 0 Å². The summed E-state index contributed by atoms with van der Waals surface area (Å²) < 4.78 is 49.9. The topological polar surface area (TPSA) is 25.8 Å². The first-order valence-corrected chi connectivity index (χ1v) is 20.1. The van der Waals surface area contributed by atoms with Crippen LogP contribution in [0.25, 0.3) is 89.3 Å². The Labute approximate surface area is 402 Å². The van der Waals surface area contributed by atoms with Crippen LogP contribution in [0.5, 0.6) is 0 Å². The van der Waals surface area contributed by atoms with E-state index in [1.807, 2.05) is 84.9 Å². The quantitative estimate of drug-likeness (QED) is 0.142. The number of aryl methyl sites for hydroxylation is 2. The molecule has 0 amide bonds. The largest absolute Gasteiger partial charge is 0.304 e. The average molecular weight is 1160 g/mol. The van der Waals surface area contributed by atoms with Crippen LogP contribution >= 0.6 is 0 Å². The molecule has 0 aliphatic carbocycles. The average Bonchev–Trinajstić information content (AvgIpc) is 3.33. The van der Waals surface area contributed by atoms with Crippen molar-refractivity contribution in [2.24, 2.45) is 0 Å². The first-order valence-electron chi connectivity index (χ1n) is 23.1. The zero-order valence-corrected chi connectivity index (χ0v) is 39.5. The van der Waals surface area contributed by atoms with Crippen LogP contribution in [0.3, 0.4) is 0 Å². The van der Waals surface area contributed by atoms with Crippen molar-refractivity contribution in [2.45, 2.75) is 41.4 Å². The van der Waals surface area contributed by atoms with Crippen LogP contribution < -0.4 is 0 Å². The molecule has 0 atom stereocenters. The van der Waals surface area contributed by atoms with Crippen molar-refractivity contribution in [3.8, 4) is 89.3 Å². The second-order valence-corrected chi connectivity index (χ2v) is 15.3. The van der Waals surface area contributed by atoms with Crippen molar-refractivity contribution in [3.05, 3.63) is 216 Å². The first-order chi connectivity index (χ1) is 31.7. The van der Waals surface area contributed by atoms with Crippen molar-refractivity contribution in [1.29, 1.82) is 0 Å². The van der Waals surface area contributed by atoms with E-state index in [1.165, 1.54) is 33.4 Å². The Bertz CT molecular complexity index is 2990. The maximum atomic E-state index is 8.31. The van der Waals surface area contributed by atoms with Crippen LogP contribution in [-0.2, 0) is 40.2 Å². The minimum atomic E-state index is -2.32. The minimum absolute atomic E-state index is 0. The smallest absolute Gasteiger partial charge is 0.0280 e. The predicted molar refractivity (Wildman–Crippen MR) is 252 cm³/mol. The molecule has 0 N–H and O–H groups in total. The third kappa shape index (κ3) is 8.50. The summed E-state index contributed by atoms with van der Waals surface area (Å²) in [5.74, 6) is 0. The Kier molecular flexibility index (Phi) is 11.3. The molecule has 0 spiro atoms. The standard InChI is InChI=1S/C58H46N2.2Ir/c1-37-33-55(59-35-53(37)43-17-9-7-10-18-43)47-29-25-45(26-30-47)49-21-13-15-23-51(49)57-39(3)41(5)58(42(6)40(57)4)52-24-16-14-22-50(52)46-27-31-48(32-28-46)56-34-38(2)54(36-60-56)44-19-11-8-12-20-44;;/h7-29,31,33-36H,1-6H3;;/q-2;;/i1D3,2D3;;. The fourth-order valence-corrected chi connectivity index (χ4v) is 8.43. The number of hydrogen-bond acceptors (Lipinski definition) is 2. The van der Waals surface area contributed by atoms with Gasteiger partial charge in [0.05, 0.1) is 0 Å². The molecule has 9 rings (SSSR count). The summed E-state index contributed by atoms with van der Waals surface area (Å²) in [5.41, 5.74) is 19.3. The molecule has 4 heteroatoms. The van der Waals surface area contributed by atoms with Crippen LogP contribution in [-0.4, -0.2) is 9.97 Å². The summed E-state index contributed by atoms with van der Waals surface area (Å²) in [6.45, 7) is 4.18. The second kappa shape index (κ2) is 19.0. The summed E-state index contributed by atoms with van der Waals surface area (Å²) in [4.78, 5) is 9.41. The Morgan fingerprint density at radius 2 is 0.742 bits per heavy atom. The molecule has 308 valence electrons. The van der Waals surface area contributed by atoms with Gasteiger partial charge in [0.2, 0.25) is 0 Å². The van der Waals surface area contributed by atoms with Gasteiger partial charge in [0.15, 0.2) is 0 Å². The summed E-state index contributed by atoms with van der Waals surface area (Å²) >= 11 is 0. The molecule has 2 nitrogen and oxygen atoms in total. The first kappa shape index (κ1) is 36.8. The van der Waals surface area contributed by atoms with Gasteiger partial charge in [-0.05, 0) is 120 Å². The maximum Gasteiger partial charge on any atom is 0.0280 e. The van der Waals surface area contributed by atoms with Crippen LogP contribution in [0.2, 0.25) is 0 Å². The molecule has 0 bridgehead atoms. The van der Waals surface area contributed by atoms with Gasteiger partial charge in [-0.1, -0.05) is 144 Å². The van der Waals surface area contributed by atoms with Crippen molar-refractivity contribution < 1.29 is 48.4 Å². The molecule has 0 aliphatic rings. The van der Waals surface area contributed by atoms with Gasteiger partial charge in [-0.15, -0.1) is 59.7 Å². The number of pyridine rings is 2. The van der Waals surface area contributed by atoms with Crippen molar-refractivity contribution >= 4 is 0 Å². The number of rotatable bonds is 8. The van der Waals surface area contributed by atoms with E-state index in [0.29, 0.717) is 33.6 Å². The summed E-state index contributed by atoms with van der Waals surface area (Å²) in [6, 6.07) is 58.1. The van der Waals surface area contributed by atoms with E-state index in [9.17, 15) is 0 Å². The van der Waals surface area contributed by atoms with Crippen molar-refractivity contribution in [1.82, 2.24) is 9.97 Å². The van der Waals surface area contributed by atoms with Gasteiger partial charge in [0.1, 0.15) is 0 Å². The van der Waals surface area contributed by atoms with Gasteiger partial charge in [-0.3, -0.25) is 0 Å². The molecule has 0 unspecified atom stereocenters. The Morgan fingerprint density at radius 1 is 0.387 bits per heavy atom. The number of nitrogens with zero attached hydrogens (tertiary/aromatic N) is 2. The van der Waals surface area contributed by atoms with Gasteiger partial charge < -0.3 is 9.97 Å². The predicted octanol–water partition coefficient (Wildman–Crippen LogP) is 15.3. The van der Waals surface area contributed by atoms with E-state index in [-0.39, 0.29) is 51.3 Å². The van der Waals surface area contributed by atoms with Crippen molar-refractivity contribution in [3.63, 3.8) is 0 Å². The SMILES string of the molecule is [2H]C([2H])([2H])c1cc(-c2[c-]cc(-c3ccccc3-c3c(C)c(C)c(-c4ccccc4-c4c[c-]c(-c5cc(C([2H])([2H])[2H])c(-c6ccccc6)cn5)cc4)c(C)c3C)cc2)ncc1-c1ccccc1.[Ir].[Ir]. The van der Waals surface area contributed by atoms with Gasteiger partial charge in [0, 0.05) is 72.0 Å². The molecule has 0 fully saturated rings. The Hall–Kier alpha value is -5.86. The molecule has 7 aromatic carbocycles. The molecular formula is C58H46Ir2N2-2. The number of benzene rings is 7. The zero-order chi connectivity index (χ0) is 46.3. The third-order valence-electron chi connectivity index (χ3n) is 11.8. The second-order valence-electron chi connectivity index (χ2n) is 15.3. The molecular weight excluding hydrogens is 1110 g/mol. The van der Waals surface area contributed by atoms with E-state index in [2.05, 4.69) is 100 Å². The molecule has 0 saturated heterocycles. The van der Waals surface area contributed by atoms with E-state index >= 15 is 0 Å². The summed E-state index contributed by atoms with van der Waals surface area (Å²) in [6.07, 6.45) is 3.31. The summed E-state index contributed by atoms with van der Waals surface area (Å²) in [7, 11) is 0. The van der Waals surface area contributed by atoms with E-state index in [0.717, 1.165) is 44.5 Å². The molecule has 2 heterocycles.